The van der Waals surface area contributed by atoms with Crippen LogP contribution >= 0.6 is 0 Å². The predicted molar refractivity (Wildman–Crippen MR) is 80.6 cm³/mol. The summed E-state index contributed by atoms with van der Waals surface area (Å²) in [5, 5.41) is 10.8. The van der Waals surface area contributed by atoms with Crippen molar-refractivity contribution in [2.45, 2.75) is 6.42 Å². The first-order chi connectivity index (χ1) is 10.4. The first kappa shape index (κ1) is 13.3. The number of fused-ring (bicyclic) bond motifs is 1. The number of rotatable bonds is 6. The van der Waals surface area contributed by atoms with Crippen molar-refractivity contribution in [3.63, 3.8) is 0 Å². The van der Waals surface area contributed by atoms with Gasteiger partial charge in [0.15, 0.2) is 0 Å². The zero-order valence-electron chi connectivity index (χ0n) is 11.4. The summed E-state index contributed by atoms with van der Waals surface area (Å²) < 4.78 is 5.62. The quantitative estimate of drug-likeness (QED) is 0.597. The van der Waals surface area contributed by atoms with Crippen LogP contribution < -0.4 is 15.8 Å². The number of hydrogen-bond acceptors (Lipinski definition) is 6. The zero-order valence-corrected chi connectivity index (χ0v) is 11.4. The Kier molecular flexibility index (Phi) is 3.92. The number of ether oxygens (including phenoxy) is 1. The van der Waals surface area contributed by atoms with E-state index in [4.69, 9.17) is 10.5 Å². The molecule has 108 valence electrons. The Morgan fingerprint density at radius 2 is 2.24 bits per heavy atom. The number of nitrogens with zero attached hydrogens (tertiary/aromatic N) is 3. The molecule has 0 aliphatic rings. The Bertz CT molecular complexity index is 713. The molecule has 1 aromatic carbocycles. The fourth-order valence-corrected chi connectivity index (χ4v) is 1.96. The van der Waals surface area contributed by atoms with Gasteiger partial charge in [-0.15, -0.1) is 0 Å². The summed E-state index contributed by atoms with van der Waals surface area (Å²) in [6.07, 6.45) is 5.81. The van der Waals surface area contributed by atoms with Crippen LogP contribution in [0, 0.1) is 0 Å². The van der Waals surface area contributed by atoms with Gasteiger partial charge in [0.05, 0.1) is 24.0 Å². The highest BCUT2D eigenvalue weighted by atomic mass is 16.5. The van der Waals surface area contributed by atoms with Crippen molar-refractivity contribution in [2.24, 2.45) is 5.73 Å². The van der Waals surface area contributed by atoms with Gasteiger partial charge in [-0.05, 0) is 25.1 Å². The second-order valence-electron chi connectivity index (χ2n) is 4.50. The number of hydrogen-bond donors (Lipinski definition) is 3. The van der Waals surface area contributed by atoms with Crippen molar-refractivity contribution in [3.05, 3.63) is 36.9 Å². The average molecular weight is 284 g/mol. The SMILES string of the molecule is NCCCOc1ccc2c(Nc3cn[nH]c3)ncnc2c1. The maximum atomic E-state index is 5.62. The number of nitrogens with one attached hydrogen (secondary N) is 2. The van der Waals surface area contributed by atoms with Gasteiger partial charge < -0.3 is 15.8 Å². The molecule has 0 bridgehead atoms. The molecule has 0 spiro atoms. The largest absolute Gasteiger partial charge is 0.493 e. The van der Waals surface area contributed by atoms with E-state index in [1.54, 1.807) is 12.4 Å². The van der Waals surface area contributed by atoms with Gasteiger partial charge in [0.1, 0.15) is 17.9 Å². The molecule has 0 saturated heterocycles. The average Bonchev–Trinajstić information content (AvgIpc) is 3.01. The Hall–Kier alpha value is -2.67. The van der Waals surface area contributed by atoms with Gasteiger partial charge >= 0.3 is 0 Å². The third-order valence-corrected chi connectivity index (χ3v) is 2.99. The molecular formula is C14H16N6O. The third kappa shape index (κ3) is 3.09. The van der Waals surface area contributed by atoms with Gasteiger partial charge in [0.25, 0.3) is 0 Å². The minimum absolute atomic E-state index is 0.604. The standard InChI is InChI=1S/C14H16N6O/c15-4-1-5-21-11-2-3-12-13(6-11)16-9-17-14(12)20-10-7-18-19-8-10/h2-3,6-9H,1,4-5,15H2,(H,18,19)(H,16,17,20). The van der Waals surface area contributed by atoms with Crippen molar-refractivity contribution in [3.8, 4) is 5.75 Å². The number of aromatic amines is 1. The van der Waals surface area contributed by atoms with E-state index < -0.39 is 0 Å². The maximum absolute atomic E-state index is 5.62. The van der Waals surface area contributed by atoms with E-state index in [0.717, 1.165) is 34.6 Å². The molecule has 3 aromatic rings. The first-order valence-electron chi connectivity index (χ1n) is 6.70. The summed E-state index contributed by atoms with van der Waals surface area (Å²) in [6.45, 7) is 1.22. The lowest BCUT2D eigenvalue weighted by Crippen LogP contribution is -2.06. The topological polar surface area (TPSA) is 102 Å². The van der Waals surface area contributed by atoms with Crippen molar-refractivity contribution in [1.29, 1.82) is 0 Å². The van der Waals surface area contributed by atoms with Gasteiger partial charge in [0, 0.05) is 17.6 Å². The monoisotopic (exact) mass is 284 g/mol. The lowest BCUT2D eigenvalue weighted by molar-refractivity contribution is 0.314. The van der Waals surface area contributed by atoms with Gasteiger partial charge in [-0.2, -0.15) is 5.10 Å². The van der Waals surface area contributed by atoms with E-state index in [0.29, 0.717) is 13.2 Å². The summed E-state index contributed by atoms with van der Waals surface area (Å²) >= 11 is 0. The normalized spacial score (nSPS) is 10.7. The summed E-state index contributed by atoms with van der Waals surface area (Å²) in [4.78, 5) is 8.55. The lowest BCUT2D eigenvalue weighted by atomic mass is 10.2. The van der Waals surface area contributed by atoms with E-state index in [9.17, 15) is 0 Å². The highest BCUT2D eigenvalue weighted by Crippen LogP contribution is 2.25. The van der Waals surface area contributed by atoms with Gasteiger partial charge in [-0.25, -0.2) is 9.97 Å². The molecule has 0 fully saturated rings. The predicted octanol–water partition coefficient (Wildman–Crippen LogP) is 1.82. The van der Waals surface area contributed by atoms with E-state index in [2.05, 4.69) is 25.5 Å². The third-order valence-electron chi connectivity index (χ3n) is 2.99. The van der Waals surface area contributed by atoms with Crippen molar-refractivity contribution < 1.29 is 4.74 Å². The number of nitrogens with two attached hydrogens (primary N) is 1. The van der Waals surface area contributed by atoms with Crippen LogP contribution in [0.3, 0.4) is 0 Å². The minimum atomic E-state index is 0.604. The van der Waals surface area contributed by atoms with E-state index >= 15 is 0 Å². The van der Waals surface area contributed by atoms with Crippen LogP contribution in [0.1, 0.15) is 6.42 Å². The van der Waals surface area contributed by atoms with Crippen molar-refractivity contribution in [1.82, 2.24) is 20.2 Å². The number of anilines is 2. The minimum Gasteiger partial charge on any atom is -0.493 e. The Balaban J connectivity index is 1.86. The van der Waals surface area contributed by atoms with E-state index in [-0.39, 0.29) is 0 Å². The van der Waals surface area contributed by atoms with Crippen LogP contribution in [0.5, 0.6) is 5.75 Å². The van der Waals surface area contributed by atoms with Crippen molar-refractivity contribution >= 4 is 22.4 Å². The van der Waals surface area contributed by atoms with Gasteiger partial charge in [0.2, 0.25) is 0 Å². The summed E-state index contributed by atoms with van der Waals surface area (Å²) in [6, 6.07) is 5.74. The number of aromatic nitrogens is 4. The van der Waals surface area contributed by atoms with Crippen LogP contribution in [0.2, 0.25) is 0 Å². The second kappa shape index (κ2) is 6.19. The fraction of sp³-hybridized carbons (Fsp3) is 0.214. The number of benzene rings is 1. The highest BCUT2D eigenvalue weighted by Gasteiger charge is 2.06. The molecule has 0 saturated carbocycles. The van der Waals surface area contributed by atoms with Crippen LogP contribution in [0.15, 0.2) is 36.9 Å². The molecule has 0 aliphatic carbocycles. The summed E-state index contributed by atoms with van der Waals surface area (Å²) in [7, 11) is 0. The van der Waals surface area contributed by atoms with Crippen LogP contribution in [0.25, 0.3) is 10.9 Å². The molecule has 0 unspecified atom stereocenters. The van der Waals surface area contributed by atoms with Crippen molar-refractivity contribution in [2.75, 3.05) is 18.5 Å². The van der Waals surface area contributed by atoms with Crippen LogP contribution in [0.4, 0.5) is 11.5 Å². The molecule has 7 heteroatoms. The summed E-state index contributed by atoms with van der Waals surface area (Å²) in [5.74, 6) is 1.51. The molecule has 0 atom stereocenters. The van der Waals surface area contributed by atoms with Crippen LogP contribution in [-0.2, 0) is 0 Å². The smallest absolute Gasteiger partial charge is 0.141 e. The highest BCUT2D eigenvalue weighted by molar-refractivity contribution is 5.91. The maximum Gasteiger partial charge on any atom is 0.141 e. The molecule has 2 heterocycles. The molecular weight excluding hydrogens is 268 g/mol. The molecule has 2 aromatic heterocycles. The molecule has 3 rings (SSSR count). The first-order valence-corrected chi connectivity index (χ1v) is 6.70. The molecule has 0 aliphatic heterocycles. The van der Waals surface area contributed by atoms with E-state index in [1.165, 1.54) is 6.33 Å². The molecule has 7 nitrogen and oxygen atoms in total. The zero-order chi connectivity index (χ0) is 14.5. The Labute approximate surface area is 121 Å². The van der Waals surface area contributed by atoms with E-state index in [1.807, 2.05) is 18.2 Å². The second-order valence-corrected chi connectivity index (χ2v) is 4.50. The summed E-state index contributed by atoms with van der Waals surface area (Å²) in [5.41, 5.74) is 7.12. The Morgan fingerprint density at radius 3 is 3.05 bits per heavy atom. The van der Waals surface area contributed by atoms with Gasteiger partial charge in [-0.3, -0.25) is 5.10 Å². The molecule has 4 N–H and O–H groups in total. The lowest BCUT2D eigenvalue weighted by Gasteiger charge is -2.09. The molecule has 21 heavy (non-hydrogen) atoms. The molecule has 0 radical (unpaired) electrons. The fourth-order valence-electron chi connectivity index (χ4n) is 1.96. The molecule has 0 amide bonds. The van der Waals surface area contributed by atoms with Gasteiger partial charge in [-0.1, -0.05) is 0 Å². The van der Waals surface area contributed by atoms with Crippen LogP contribution in [-0.4, -0.2) is 33.3 Å². The number of H-pyrrole nitrogens is 1. The Morgan fingerprint density at radius 1 is 1.29 bits per heavy atom.